The molecular formula is C68H129NO5. The minimum Gasteiger partial charge on any atom is -0.466 e. The topological polar surface area (TPSA) is 95.9 Å². The van der Waals surface area contributed by atoms with E-state index >= 15 is 0 Å². The van der Waals surface area contributed by atoms with E-state index in [-0.39, 0.29) is 18.5 Å². The van der Waals surface area contributed by atoms with Gasteiger partial charge in [-0.3, -0.25) is 9.59 Å². The predicted octanol–water partition coefficient (Wildman–Crippen LogP) is 21.1. The molecule has 0 aromatic heterocycles. The highest BCUT2D eigenvalue weighted by molar-refractivity contribution is 5.76. The van der Waals surface area contributed by atoms with E-state index < -0.39 is 12.1 Å². The highest BCUT2D eigenvalue weighted by Crippen LogP contribution is 2.18. The summed E-state index contributed by atoms with van der Waals surface area (Å²) in [6, 6.07) is -0.554. The van der Waals surface area contributed by atoms with Gasteiger partial charge in [0.25, 0.3) is 0 Å². The van der Waals surface area contributed by atoms with E-state index in [9.17, 15) is 19.8 Å². The van der Waals surface area contributed by atoms with E-state index in [1.54, 1.807) is 0 Å². The fraction of sp³-hybridized carbons (Fsp3) is 0.882. The van der Waals surface area contributed by atoms with Crippen LogP contribution in [0.1, 0.15) is 361 Å². The molecule has 2 unspecified atom stereocenters. The summed E-state index contributed by atoms with van der Waals surface area (Å²) in [5, 5.41) is 23.4. The summed E-state index contributed by atoms with van der Waals surface area (Å²) in [5.74, 6) is -0.0566. The molecule has 6 nitrogen and oxygen atoms in total. The Hall–Kier alpha value is -1.92. The van der Waals surface area contributed by atoms with Gasteiger partial charge in [0, 0.05) is 12.8 Å². The summed E-state index contributed by atoms with van der Waals surface area (Å²) in [6.45, 7) is 4.93. The Bertz CT molecular complexity index is 1200. The number of esters is 1. The zero-order valence-electron chi connectivity index (χ0n) is 49.8. The molecule has 0 aromatic carbocycles. The van der Waals surface area contributed by atoms with Crippen LogP contribution in [0.5, 0.6) is 0 Å². The molecule has 0 saturated heterocycles. The number of ether oxygens (including phenoxy) is 1. The zero-order valence-corrected chi connectivity index (χ0v) is 49.8. The number of carbonyl (C=O) groups excluding carboxylic acids is 2. The molecule has 0 aliphatic heterocycles. The molecule has 74 heavy (non-hydrogen) atoms. The molecular weight excluding hydrogens is 911 g/mol. The molecule has 2 atom stereocenters. The van der Waals surface area contributed by atoms with Crippen molar-refractivity contribution in [2.24, 2.45) is 0 Å². The van der Waals surface area contributed by atoms with Gasteiger partial charge in [-0.05, 0) is 83.5 Å². The molecule has 436 valence electrons. The Morgan fingerprint density at radius 2 is 0.676 bits per heavy atom. The van der Waals surface area contributed by atoms with Crippen LogP contribution < -0.4 is 5.32 Å². The van der Waals surface area contributed by atoms with E-state index in [4.69, 9.17) is 4.74 Å². The molecule has 6 heteroatoms. The molecule has 1 amide bonds. The number of aliphatic hydroxyl groups excluding tert-OH is 2. The highest BCUT2D eigenvalue weighted by Gasteiger charge is 2.20. The molecule has 0 heterocycles. The number of nitrogens with one attached hydrogen (secondary N) is 1. The quantitative estimate of drug-likeness (QED) is 0.0320. The van der Waals surface area contributed by atoms with Crippen LogP contribution in [0, 0.1) is 0 Å². The molecule has 0 bridgehead atoms. The molecule has 0 aliphatic carbocycles. The maximum absolute atomic E-state index is 12.5. The normalized spacial score (nSPS) is 12.8. The Morgan fingerprint density at radius 1 is 0.378 bits per heavy atom. The Labute approximate surface area is 462 Å². The van der Waals surface area contributed by atoms with Crippen molar-refractivity contribution in [3.63, 3.8) is 0 Å². The van der Waals surface area contributed by atoms with Gasteiger partial charge in [-0.25, -0.2) is 0 Å². The van der Waals surface area contributed by atoms with Crippen LogP contribution in [0.2, 0.25) is 0 Å². The average molecular weight is 1040 g/mol. The van der Waals surface area contributed by atoms with Crippen molar-refractivity contribution in [3.8, 4) is 0 Å². The van der Waals surface area contributed by atoms with Gasteiger partial charge < -0.3 is 20.3 Å². The third-order valence-electron chi connectivity index (χ3n) is 15.4. The second-order valence-corrected chi connectivity index (χ2v) is 22.8. The lowest BCUT2D eigenvalue weighted by Crippen LogP contribution is -2.45. The van der Waals surface area contributed by atoms with Gasteiger partial charge >= 0.3 is 5.97 Å². The van der Waals surface area contributed by atoms with E-state index in [1.165, 1.54) is 257 Å². The Morgan fingerprint density at radius 3 is 1.07 bits per heavy atom. The average Bonchev–Trinajstić information content (AvgIpc) is 3.40. The van der Waals surface area contributed by atoms with Crippen LogP contribution in [0.3, 0.4) is 0 Å². The summed E-state index contributed by atoms with van der Waals surface area (Å²) < 4.78 is 5.47. The lowest BCUT2D eigenvalue weighted by molar-refractivity contribution is -0.143. The highest BCUT2D eigenvalue weighted by atomic mass is 16.5. The lowest BCUT2D eigenvalue weighted by Gasteiger charge is -2.22. The minimum absolute atomic E-state index is 0.0104. The Balaban J connectivity index is 3.45. The molecule has 0 aliphatic rings. The van der Waals surface area contributed by atoms with Crippen molar-refractivity contribution < 1.29 is 24.5 Å². The molecule has 0 spiro atoms. The van der Waals surface area contributed by atoms with E-state index in [0.29, 0.717) is 25.9 Å². The van der Waals surface area contributed by atoms with E-state index in [2.05, 4.69) is 55.6 Å². The molecule has 0 saturated carbocycles. The van der Waals surface area contributed by atoms with Gasteiger partial charge in [0.1, 0.15) is 0 Å². The monoisotopic (exact) mass is 1040 g/mol. The first-order chi connectivity index (χ1) is 36.5. The van der Waals surface area contributed by atoms with Crippen molar-refractivity contribution in [1.29, 1.82) is 0 Å². The maximum Gasteiger partial charge on any atom is 0.305 e. The van der Waals surface area contributed by atoms with Crippen LogP contribution in [-0.2, 0) is 14.3 Å². The number of aliphatic hydroxyl groups is 2. The number of hydrogen-bond donors (Lipinski definition) is 3. The van der Waals surface area contributed by atoms with E-state index in [1.807, 2.05) is 0 Å². The lowest BCUT2D eigenvalue weighted by atomic mass is 10.0. The molecule has 0 radical (unpaired) electrons. The van der Waals surface area contributed by atoms with Crippen molar-refractivity contribution in [2.75, 3.05) is 13.2 Å². The van der Waals surface area contributed by atoms with Crippen LogP contribution in [0.4, 0.5) is 0 Å². The third kappa shape index (κ3) is 59.3. The number of amides is 1. The standard InChI is InChI=1S/C68H129NO5/c1-3-5-7-9-11-13-15-17-19-20-21-22-23-24-25-26-29-33-36-40-44-48-52-56-60-66(71)65(64-70)69-67(72)61-57-53-49-45-41-37-34-30-27-28-31-35-39-43-47-51-55-59-63-74-68(73)62-58-54-50-46-42-38-32-18-16-14-12-10-8-6-4-2/h12,14,18,30,32,34,65-66,70-71H,3-11,13,15-17,19-29,31,33,35-64H2,1-2H3,(H,69,72)/b14-12-,32-18-,34-30-. The molecule has 0 rings (SSSR count). The number of carbonyl (C=O) groups is 2. The number of rotatable bonds is 62. The molecule has 3 N–H and O–H groups in total. The number of hydrogen-bond acceptors (Lipinski definition) is 5. The smallest absolute Gasteiger partial charge is 0.305 e. The van der Waals surface area contributed by atoms with E-state index in [0.717, 1.165) is 70.6 Å². The second-order valence-electron chi connectivity index (χ2n) is 22.8. The van der Waals surface area contributed by atoms with Gasteiger partial charge in [0.05, 0.1) is 25.4 Å². The molecule has 0 aromatic rings. The predicted molar refractivity (Wildman–Crippen MR) is 324 cm³/mol. The van der Waals surface area contributed by atoms with Gasteiger partial charge in [0.15, 0.2) is 0 Å². The number of allylic oxidation sites excluding steroid dienone is 6. The summed E-state index contributed by atoms with van der Waals surface area (Å²) in [4.78, 5) is 24.6. The van der Waals surface area contributed by atoms with Gasteiger partial charge in [-0.15, -0.1) is 0 Å². The van der Waals surface area contributed by atoms with Crippen molar-refractivity contribution in [2.45, 2.75) is 373 Å². The second kappa shape index (κ2) is 63.6. The third-order valence-corrected chi connectivity index (χ3v) is 15.4. The van der Waals surface area contributed by atoms with Gasteiger partial charge in [-0.2, -0.15) is 0 Å². The summed E-state index contributed by atoms with van der Waals surface area (Å²) in [7, 11) is 0. The first-order valence-corrected chi connectivity index (χ1v) is 33.2. The largest absolute Gasteiger partial charge is 0.466 e. The first-order valence-electron chi connectivity index (χ1n) is 33.2. The van der Waals surface area contributed by atoms with Gasteiger partial charge in [0.2, 0.25) is 5.91 Å². The fourth-order valence-electron chi connectivity index (χ4n) is 10.3. The summed E-state index contributed by atoms with van der Waals surface area (Å²) >= 11 is 0. The summed E-state index contributed by atoms with van der Waals surface area (Å²) in [6.07, 6.45) is 80.2. The zero-order chi connectivity index (χ0) is 53.6. The van der Waals surface area contributed by atoms with Crippen molar-refractivity contribution in [1.82, 2.24) is 5.32 Å². The first kappa shape index (κ1) is 72.1. The Kier molecular flexibility index (Phi) is 62.0. The summed E-state index contributed by atoms with van der Waals surface area (Å²) in [5.41, 5.74) is 0. The number of unbranched alkanes of at least 4 members (excludes halogenated alkanes) is 45. The van der Waals surface area contributed by atoms with Gasteiger partial charge in [-0.1, -0.05) is 301 Å². The van der Waals surface area contributed by atoms with Crippen LogP contribution >= 0.6 is 0 Å². The maximum atomic E-state index is 12.5. The van der Waals surface area contributed by atoms with Crippen molar-refractivity contribution in [3.05, 3.63) is 36.5 Å². The van der Waals surface area contributed by atoms with Crippen LogP contribution in [0.25, 0.3) is 0 Å². The fourth-order valence-corrected chi connectivity index (χ4v) is 10.3. The van der Waals surface area contributed by atoms with Crippen LogP contribution in [0.15, 0.2) is 36.5 Å². The molecule has 0 fully saturated rings. The van der Waals surface area contributed by atoms with Crippen molar-refractivity contribution >= 4 is 11.9 Å². The van der Waals surface area contributed by atoms with Crippen LogP contribution in [-0.4, -0.2) is 47.4 Å². The SMILES string of the molecule is CCCCC/C=C\C/C=C\CCCCCCCC(=O)OCCCCCCCCCCC/C=C\CCCCCCCC(=O)NC(CO)C(O)CCCCCCCCCCCCCCCCCCCCCCCCCC. The minimum atomic E-state index is -0.675.